The van der Waals surface area contributed by atoms with E-state index in [2.05, 4.69) is 34.9 Å². The Labute approximate surface area is 132 Å². The molecule has 4 nitrogen and oxygen atoms in total. The van der Waals surface area contributed by atoms with Crippen molar-refractivity contribution >= 4 is 0 Å². The van der Waals surface area contributed by atoms with Crippen molar-refractivity contribution in [3.05, 3.63) is 59.9 Å². The van der Waals surface area contributed by atoms with Crippen molar-refractivity contribution in [3.63, 3.8) is 0 Å². The summed E-state index contributed by atoms with van der Waals surface area (Å²) < 4.78 is 0. The fourth-order valence-electron chi connectivity index (χ4n) is 3.49. The summed E-state index contributed by atoms with van der Waals surface area (Å²) in [6, 6.07) is 14.3. The van der Waals surface area contributed by atoms with E-state index in [4.69, 9.17) is 0 Å². The molecule has 1 saturated heterocycles. The number of aromatic nitrogens is 1. The zero-order chi connectivity index (χ0) is 15.6. The summed E-state index contributed by atoms with van der Waals surface area (Å²) in [7, 11) is 4.10. The second-order valence-electron chi connectivity index (χ2n) is 6.45. The minimum atomic E-state index is -0.781. The van der Waals surface area contributed by atoms with Crippen molar-refractivity contribution < 1.29 is 5.11 Å². The highest BCUT2D eigenvalue weighted by Crippen LogP contribution is 2.35. The molecule has 1 aliphatic heterocycles. The lowest BCUT2D eigenvalue weighted by molar-refractivity contribution is -0.0894. The molecule has 0 spiro atoms. The van der Waals surface area contributed by atoms with Gasteiger partial charge in [0.25, 0.3) is 0 Å². The smallest absolute Gasteiger partial charge is 0.107 e. The van der Waals surface area contributed by atoms with Crippen LogP contribution in [0.3, 0.4) is 0 Å². The second kappa shape index (κ2) is 6.24. The van der Waals surface area contributed by atoms with E-state index in [1.807, 2.05) is 42.6 Å². The summed E-state index contributed by atoms with van der Waals surface area (Å²) >= 11 is 0. The van der Waals surface area contributed by atoms with Crippen molar-refractivity contribution in [2.75, 3.05) is 27.2 Å². The van der Waals surface area contributed by atoms with Crippen molar-refractivity contribution in [1.29, 1.82) is 0 Å². The van der Waals surface area contributed by atoms with Crippen LogP contribution in [0.5, 0.6) is 0 Å². The predicted octanol–water partition coefficient (Wildman–Crippen LogP) is 2.04. The molecule has 2 atom stereocenters. The fraction of sp³-hybridized carbons (Fsp3) is 0.444. The first-order valence-corrected chi connectivity index (χ1v) is 7.88. The molecule has 0 aliphatic carbocycles. The van der Waals surface area contributed by atoms with Crippen LogP contribution in [0.2, 0.25) is 0 Å². The first-order valence-electron chi connectivity index (χ1n) is 7.88. The maximum Gasteiger partial charge on any atom is 0.107 e. The number of nitrogens with one attached hydrogen (secondary N) is 1. The molecule has 2 aromatic rings. The maximum atomic E-state index is 11.3. The van der Waals surface area contributed by atoms with Gasteiger partial charge in [-0.3, -0.25) is 4.90 Å². The minimum Gasteiger partial charge on any atom is -0.383 e. The molecule has 2 heterocycles. The van der Waals surface area contributed by atoms with Crippen LogP contribution in [-0.2, 0) is 12.1 Å². The Kier molecular flexibility index (Phi) is 4.34. The van der Waals surface area contributed by atoms with E-state index >= 15 is 0 Å². The lowest BCUT2D eigenvalue weighted by Crippen LogP contribution is -2.58. The van der Waals surface area contributed by atoms with Crippen LogP contribution >= 0.6 is 0 Å². The molecule has 3 rings (SSSR count). The average Bonchev–Trinajstić information content (AvgIpc) is 3.03. The quantitative estimate of drug-likeness (QED) is 0.908. The van der Waals surface area contributed by atoms with Gasteiger partial charge in [0.15, 0.2) is 0 Å². The van der Waals surface area contributed by atoms with Crippen LogP contribution in [0.4, 0.5) is 0 Å². The fourth-order valence-corrected chi connectivity index (χ4v) is 3.49. The van der Waals surface area contributed by atoms with Gasteiger partial charge in [0.2, 0.25) is 0 Å². The van der Waals surface area contributed by atoms with Crippen molar-refractivity contribution in [2.24, 2.45) is 0 Å². The van der Waals surface area contributed by atoms with Crippen molar-refractivity contribution in [3.8, 4) is 0 Å². The summed E-state index contributed by atoms with van der Waals surface area (Å²) in [6.07, 6.45) is 2.71. The molecular formula is C18H25N3O. The Morgan fingerprint density at radius 3 is 2.64 bits per heavy atom. The third-order valence-corrected chi connectivity index (χ3v) is 4.74. The zero-order valence-electron chi connectivity index (χ0n) is 13.4. The van der Waals surface area contributed by atoms with E-state index < -0.39 is 5.60 Å². The summed E-state index contributed by atoms with van der Waals surface area (Å²) in [5, 5.41) is 11.3. The van der Waals surface area contributed by atoms with Crippen LogP contribution in [-0.4, -0.2) is 53.1 Å². The van der Waals surface area contributed by atoms with Crippen LogP contribution in [0, 0.1) is 0 Å². The van der Waals surface area contributed by atoms with E-state index in [1.54, 1.807) is 0 Å². The molecule has 2 N–H and O–H groups in total. The van der Waals surface area contributed by atoms with E-state index in [0.29, 0.717) is 0 Å². The number of piperidine rings is 1. The molecule has 4 heteroatoms. The lowest BCUT2D eigenvalue weighted by atomic mass is 9.80. The van der Waals surface area contributed by atoms with Crippen molar-refractivity contribution in [2.45, 2.75) is 24.6 Å². The average molecular weight is 299 g/mol. The van der Waals surface area contributed by atoms with Gasteiger partial charge >= 0.3 is 0 Å². The second-order valence-corrected chi connectivity index (χ2v) is 6.45. The number of H-pyrrole nitrogens is 1. The van der Waals surface area contributed by atoms with Crippen LogP contribution in [0.25, 0.3) is 0 Å². The maximum absolute atomic E-state index is 11.3. The number of likely N-dealkylation sites (N-methyl/N-ethyl adjacent to an activating group) is 1. The molecule has 0 bridgehead atoms. The number of hydrogen-bond acceptors (Lipinski definition) is 3. The molecule has 0 saturated carbocycles. The largest absolute Gasteiger partial charge is 0.383 e. The highest BCUT2D eigenvalue weighted by atomic mass is 16.3. The van der Waals surface area contributed by atoms with Gasteiger partial charge in [-0.25, -0.2) is 0 Å². The SMILES string of the molecule is CN(C)[C@@H]1CN(Cc2ccc[nH]2)CC[C@]1(O)c1ccccc1. The van der Waals surface area contributed by atoms with Gasteiger partial charge < -0.3 is 15.0 Å². The van der Waals surface area contributed by atoms with Gasteiger partial charge in [0.1, 0.15) is 5.60 Å². The number of rotatable bonds is 4. The van der Waals surface area contributed by atoms with Gasteiger partial charge in [0, 0.05) is 31.5 Å². The van der Waals surface area contributed by atoms with Gasteiger partial charge in [-0.15, -0.1) is 0 Å². The summed E-state index contributed by atoms with van der Waals surface area (Å²) in [5.74, 6) is 0. The van der Waals surface area contributed by atoms with Gasteiger partial charge in [-0.1, -0.05) is 30.3 Å². The van der Waals surface area contributed by atoms with Gasteiger partial charge in [-0.05, 0) is 38.2 Å². The Morgan fingerprint density at radius 2 is 2.00 bits per heavy atom. The van der Waals surface area contributed by atoms with Crippen molar-refractivity contribution in [1.82, 2.24) is 14.8 Å². The predicted molar refractivity (Wildman–Crippen MR) is 88.5 cm³/mol. The Hall–Kier alpha value is -1.62. The normalized spacial score (nSPS) is 26.5. The molecule has 0 radical (unpaired) electrons. The van der Waals surface area contributed by atoms with Gasteiger partial charge in [0.05, 0.1) is 6.04 Å². The van der Waals surface area contributed by atoms with E-state index in [-0.39, 0.29) is 6.04 Å². The first-order chi connectivity index (χ1) is 10.6. The minimum absolute atomic E-state index is 0.0820. The number of likely N-dealkylation sites (tertiary alicyclic amines) is 1. The summed E-state index contributed by atoms with van der Waals surface area (Å²) in [6.45, 7) is 2.66. The number of benzene rings is 1. The molecular weight excluding hydrogens is 274 g/mol. The molecule has 22 heavy (non-hydrogen) atoms. The zero-order valence-corrected chi connectivity index (χ0v) is 13.4. The Morgan fingerprint density at radius 1 is 1.23 bits per heavy atom. The Balaban J connectivity index is 1.79. The molecule has 118 valence electrons. The molecule has 1 aliphatic rings. The number of aromatic amines is 1. The lowest BCUT2D eigenvalue weighted by Gasteiger charge is -2.47. The molecule has 0 unspecified atom stereocenters. The van der Waals surface area contributed by atoms with Gasteiger partial charge in [-0.2, -0.15) is 0 Å². The number of nitrogens with zero attached hydrogens (tertiary/aromatic N) is 2. The molecule has 1 fully saturated rings. The van der Waals surface area contributed by atoms with Crippen LogP contribution in [0.1, 0.15) is 17.7 Å². The highest BCUT2D eigenvalue weighted by molar-refractivity contribution is 5.26. The number of hydrogen-bond donors (Lipinski definition) is 2. The topological polar surface area (TPSA) is 42.5 Å². The molecule has 1 aromatic heterocycles. The standard InChI is InChI=1S/C18H25N3O/c1-20(2)17-14-21(13-16-9-6-11-19-16)12-10-18(17,22)15-7-4-3-5-8-15/h3-9,11,17,19,22H,10,12-14H2,1-2H3/t17-,18+/m1/s1. The van der Waals surface area contributed by atoms with E-state index in [0.717, 1.165) is 31.6 Å². The highest BCUT2D eigenvalue weighted by Gasteiger charge is 2.43. The van der Waals surface area contributed by atoms with E-state index in [1.165, 1.54) is 5.69 Å². The van der Waals surface area contributed by atoms with E-state index in [9.17, 15) is 5.11 Å². The third-order valence-electron chi connectivity index (χ3n) is 4.74. The summed E-state index contributed by atoms with van der Waals surface area (Å²) in [5.41, 5.74) is 1.47. The molecule has 0 amide bonds. The third kappa shape index (κ3) is 2.95. The van der Waals surface area contributed by atoms with Crippen LogP contribution in [0.15, 0.2) is 48.7 Å². The Bertz CT molecular complexity index is 582. The van der Waals surface area contributed by atoms with Crippen LogP contribution < -0.4 is 0 Å². The first kappa shape index (κ1) is 15.3. The number of aliphatic hydroxyl groups is 1. The molecule has 1 aromatic carbocycles. The monoisotopic (exact) mass is 299 g/mol. The summed E-state index contributed by atoms with van der Waals surface area (Å²) in [4.78, 5) is 7.82.